The summed E-state index contributed by atoms with van der Waals surface area (Å²) in [5.74, 6) is 1.83. The van der Waals surface area contributed by atoms with Crippen molar-refractivity contribution in [1.82, 2.24) is 29.2 Å². The van der Waals surface area contributed by atoms with Crippen molar-refractivity contribution in [3.05, 3.63) is 112 Å². The zero-order valence-corrected chi connectivity index (χ0v) is 30.7. The molecule has 1 heterocycles. The van der Waals surface area contributed by atoms with E-state index in [0.29, 0.717) is 31.9 Å². The van der Waals surface area contributed by atoms with Gasteiger partial charge in [0, 0.05) is 23.2 Å². The van der Waals surface area contributed by atoms with Gasteiger partial charge in [0.15, 0.2) is 0 Å². The number of hydrogen-bond donors (Lipinski definition) is 1. The largest absolute Gasteiger partial charge is 0.497 e. The maximum absolute atomic E-state index is 15.0. The molecule has 1 radical (unpaired) electrons. The van der Waals surface area contributed by atoms with E-state index in [1.54, 1.807) is 67.8 Å². The number of nitrogens with zero attached hydrogens (tertiary/aromatic N) is 5. The van der Waals surface area contributed by atoms with Crippen LogP contribution in [-0.4, -0.2) is 69.2 Å². The number of rotatable bonds is 15. The Morgan fingerprint density at radius 2 is 1.24 bits per heavy atom. The highest BCUT2D eigenvalue weighted by molar-refractivity contribution is 14.1. The lowest BCUT2D eigenvalue weighted by molar-refractivity contribution is 0.396. The Balaban J connectivity index is 1.67. The Morgan fingerprint density at radius 3 is 1.71 bits per heavy atom. The molecule has 0 aliphatic heterocycles. The Labute approximate surface area is 299 Å². The van der Waals surface area contributed by atoms with Crippen molar-refractivity contribution >= 4 is 42.6 Å². The van der Waals surface area contributed by atoms with E-state index in [1.807, 2.05) is 34.7 Å². The molecule has 5 aromatic rings. The van der Waals surface area contributed by atoms with Gasteiger partial charge in [0.1, 0.15) is 27.0 Å². The van der Waals surface area contributed by atoms with E-state index < -0.39 is 29.8 Å². The van der Waals surface area contributed by atoms with Crippen molar-refractivity contribution in [1.29, 1.82) is 0 Å². The predicted molar refractivity (Wildman–Crippen MR) is 191 cm³/mol. The molecule has 0 fully saturated rings. The number of methoxy groups -OCH3 is 3. The highest BCUT2D eigenvalue weighted by Gasteiger charge is 2.37. The summed E-state index contributed by atoms with van der Waals surface area (Å²) in [5.41, 5.74) is 2.14. The van der Waals surface area contributed by atoms with E-state index in [0.717, 1.165) is 5.56 Å². The SMILES string of the molecule is [CH2]CNS(=O)(=O)c1ccc(I)c(-c2nnn(Cc3ccc(OC)cc3)n2)c1S(=O)(=O)N(Cc1ccc(OC)cc1)Cc1ccc(OC)cc1. The summed E-state index contributed by atoms with van der Waals surface area (Å²) in [6.07, 6.45) is 0. The van der Waals surface area contributed by atoms with Gasteiger partial charge in [0.2, 0.25) is 25.9 Å². The van der Waals surface area contributed by atoms with Crippen LogP contribution in [0.15, 0.2) is 94.7 Å². The molecule has 0 unspecified atom stereocenters. The average molecular weight is 818 g/mol. The van der Waals surface area contributed by atoms with Crippen LogP contribution in [0.2, 0.25) is 0 Å². The molecular formula is C33H34IN6O7S2. The van der Waals surface area contributed by atoms with Gasteiger partial charge in [0.05, 0.1) is 33.4 Å². The van der Waals surface area contributed by atoms with Crippen LogP contribution in [0.1, 0.15) is 16.7 Å². The third-order valence-corrected chi connectivity index (χ3v) is 11.9. The lowest BCUT2D eigenvalue weighted by Gasteiger charge is -2.25. The first-order chi connectivity index (χ1) is 23.5. The molecule has 49 heavy (non-hydrogen) atoms. The van der Waals surface area contributed by atoms with Gasteiger partial charge in [-0.15, -0.1) is 10.2 Å². The molecule has 4 aromatic carbocycles. The van der Waals surface area contributed by atoms with Crippen molar-refractivity contribution in [3.8, 4) is 28.6 Å². The molecule has 0 saturated carbocycles. The lowest BCUT2D eigenvalue weighted by Crippen LogP contribution is -2.33. The molecule has 257 valence electrons. The molecule has 13 nitrogen and oxygen atoms in total. The van der Waals surface area contributed by atoms with Crippen LogP contribution in [0.5, 0.6) is 17.2 Å². The van der Waals surface area contributed by atoms with Crippen LogP contribution in [0, 0.1) is 10.5 Å². The molecule has 16 heteroatoms. The second-order valence-corrected chi connectivity index (χ2v) is 15.4. The van der Waals surface area contributed by atoms with E-state index in [-0.39, 0.29) is 37.6 Å². The molecule has 0 bridgehead atoms. The van der Waals surface area contributed by atoms with Gasteiger partial charge in [-0.1, -0.05) is 36.4 Å². The van der Waals surface area contributed by atoms with Crippen LogP contribution in [-0.2, 0) is 39.7 Å². The molecular weight excluding hydrogens is 783 g/mol. The smallest absolute Gasteiger partial charge is 0.245 e. The van der Waals surface area contributed by atoms with Gasteiger partial charge in [-0.05, 0) is 99.9 Å². The van der Waals surface area contributed by atoms with E-state index in [9.17, 15) is 8.42 Å². The molecule has 0 atom stereocenters. The van der Waals surface area contributed by atoms with Crippen LogP contribution < -0.4 is 18.9 Å². The minimum absolute atomic E-state index is 0.00276. The maximum Gasteiger partial charge on any atom is 0.245 e. The topological polar surface area (TPSA) is 155 Å². The number of tetrazole rings is 1. The first kappa shape index (κ1) is 36.2. The number of nitrogens with one attached hydrogen (secondary N) is 1. The summed E-state index contributed by atoms with van der Waals surface area (Å²) in [6, 6.07) is 23.9. The number of benzene rings is 4. The Morgan fingerprint density at radius 1 is 0.755 bits per heavy atom. The third kappa shape index (κ3) is 8.38. The molecule has 0 amide bonds. The van der Waals surface area contributed by atoms with E-state index in [1.165, 1.54) is 35.5 Å². The first-order valence-electron chi connectivity index (χ1n) is 14.8. The lowest BCUT2D eigenvalue weighted by atomic mass is 10.2. The summed E-state index contributed by atoms with van der Waals surface area (Å²) < 4.78 is 77.1. The zero-order chi connectivity index (χ0) is 35.2. The standard InChI is InChI=1S/C33H34IN6O7S2/c1-5-35-48(41,42)30-19-18-29(34)31(33-36-38-40(37-33)22-25-10-16-28(47-4)17-11-25)32(30)49(43,44)39(20-23-6-12-26(45-2)13-7-23)21-24-8-14-27(46-3)15-9-24/h6-19,35H,1,5,20-22H2,2-4H3. The number of ether oxygens (including phenoxy) is 3. The number of halogens is 1. The number of hydrogen-bond acceptors (Lipinski definition) is 10. The predicted octanol–water partition coefficient (Wildman–Crippen LogP) is 4.52. The van der Waals surface area contributed by atoms with Crippen molar-refractivity contribution < 1.29 is 31.0 Å². The molecule has 0 aliphatic carbocycles. The average Bonchev–Trinajstić information content (AvgIpc) is 3.56. The molecule has 0 saturated heterocycles. The summed E-state index contributed by atoms with van der Waals surface area (Å²) >= 11 is 1.95. The Kier molecular flexibility index (Phi) is 11.5. The van der Waals surface area contributed by atoms with Crippen molar-refractivity contribution in [2.45, 2.75) is 29.4 Å². The minimum Gasteiger partial charge on any atom is -0.497 e. The fourth-order valence-corrected chi connectivity index (χ4v) is 9.17. The fourth-order valence-electron chi connectivity index (χ4n) is 4.96. The molecule has 1 N–H and O–H groups in total. The van der Waals surface area contributed by atoms with Crippen LogP contribution in [0.3, 0.4) is 0 Å². The van der Waals surface area contributed by atoms with E-state index in [4.69, 9.17) is 14.2 Å². The molecule has 0 aliphatic rings. The van der Waals surface area contributed by atoms with Crippen molar-refractivity contribution in [3.63, 3.8) is 0 Å². The molecule has 1 aromatic heterocycles. The van der Waals surface area contributed by atoms with Gasteiger partial charge in [0.25, 0.3) is 0 Å². The third-order valence-electron chi connectivity index (χ3n) is 7.45. The second-order valence-electron chi connectivity index (χ2n) is 10.6. The van der Waals surface area contributed by atoms with Crippen molar-refractivity contribution in [2.24, 2.45) is 0 Å². The fraction of sp³-hybridized carbons (Fsp3) is 0.212. The summed E-state index contributed by atoms with van der Waals surface area (Å²) in [4.78, 5) is 0.366. The molecule has 5 rings (SSSR count). The maximum atomic E-state index is 15.0. The zero-order valence-electron chi connectivity index (χ0n) is 26.9. The Hall–Kier alpha value is -4.10. The van der Waals surface area contributed by atoms with Crippen LogP contribution in [0.25, 0.3) is 11.4 Å². The number of aromatic nitrogens is 4. The summed E-state index contributed by atoms with van der Waals surface area (Å²) in [5, 5.41) is 12.9. The van der Waals surface area contributed by atoms with Crippen LogP contribution >= 0.6 is 22.6 Å². The van der Waals surface area contributed by atoms with Gasteiger partial charge in [-0.25, -0.2) is 21.6 Å². The Bertz CT molecular complexity index is 2060. The van der Waals surface area contributed by atoms with E-state index in [2.05, 4.69) is 27.1 Å². The second kappa shape index (κ2) is 15.6. The van der Waals surface area contributed by atoms with Gasteiger partial charge in [-0.2, -0.15) is 9.10 Å². The normalized spacial score (nSPS) is 11.9. The van der Waals surface area contributed by atoms with Crippen LogP contribution in [0.4, 0.5) is 0 Å². The highest BCUT2D eigenvalue weighted by atomic mass is 127. The van der Waals surface area contributed by atoms with E-state index >= 15 is 8.42 Å². The minimum atomic E-state index is -4.62. The van der Waals surface area contributed by atoms with Gasteiger partial charge in [-0.3, -0.25) is 0 Å². The van der Waals surface area contributed by atoms with Crippen molar-refractivity contribution in [2.75, 3.05) is 27.9 Å². The quantitative estimate of drug-likeness (QED) is 0.149. The summed E-state index contributed by atoms with van der Waals surface area (Å²) in [7, 11) is -4.34. The number of sulfonamides is 2. The van der Waals surface area contributed by atoms with Gasteiger partial charge >= 0.3 is 0 Å². The first-order valence-corrected chi connectivity index (χ1v) is 18.8. The molecule has 0 spiro atoms. The monoisotopic (exact) mass is 817 g/mol. The highest BCUT2D eigenvalue weighted by Crippen LogP contribution is 2.38. The van der Waals surface area contributed by atoms with Gasteiger partial charge < -0.3 is 14.2 Å². The summed E-state index contributed by atoms with van der Waals surface area (Å²) in [6.45, 7) is 3.42.